The van der Waals surface area contributed by atoms with Crippen molar-refractivity contribution in [2.24, 2.45) is 0 Å². The van der Waals surface area contributed by atoms with Crippen molar-refractivity contribution in [3.63, 3.8) is 0 Å². The first-order valence-electron chi connectivity index (χ1n) is 22.5. The molecule has 57 heavy (non-hydrogen) atoms. The van der Waals surface area contributed by atoms with Gasteiger partial charge in [-0.1, -0.05) is 157 Å². The van der Waals surface area contributed by atoms with Crippen molar-refractivity contribution in [2.75, 3.05) is 41.0 Å². The number of hydrogen-bond donors (Lipinski definition) is 0. The summed E-state index contributed by atoms with van der Waals surface area (Å²) in [6.07, 6.45) is 49.3. The molecule has 0 aliphatic heterocycles. The number of quaternary nitrogens is 1. The zero-order valence-electron chi connectivity index (χ0n) is 37.0. The Morgan fingerprint density at radius 1 is 0.544 bits per heavy atom. The first-order valence-corrected chi connectivity index (χ1v) is 22.5. The molecule has 8 heteroatoms. The van der Waals surface area contributed by atoms with Crippen molar-refractivity contribution in [3.05, 3.63) is 72.9 Å². The van der Waals surface area contributed by atoms with Crippen molar-refractivity contribution in [1.82, 2.24) is 0 Å². The van der Waals surface area contributed by atoms with Gasteiger partial charge in [0.25, 0.3) is 0 Å². The van der Waals surface area contributed by atoms with Crippen LogP contribution < -0.4 is 5.11 Å². The molecule has 0 aromatic heterocycles. The van der Waals surface area contributed by atoms with Gasteiger partial charge in [0.1, 0.15) is 12.6 Å². The molecule has 2 atom stereocenters. The Balaban J connectivity index is 4.35. The monoisotopic (exact) mass is 798 g/mol. The number of esters is 2. The van der Waals surface area contributed by atoms with Crippen molar-refractivity contribution in [1.29, 1.82) is 0 Å². The predicted octanol–water partition coefficient (Wildman–Crippen LogP) is 11.0. The van der Waals surface area contributed by atoms with E-state index in [2.05, 4.69) is 86.8 Å². The van der Waals surface area contributed by atoms with Crippen LogP contribution in [0.3, 0.4) is 0 Å². The molecule has 2 unspecified atom stereocenters. The van der Waals surface area contributed by atoms with Gasteiger partial charge in [0.15, 0.2) is 6.10 Å². The lowest BCUT2D eigenvalue weighted by Gasteiger charge is -2.34. The molecule has 0 aromatic rings. The number of carbonyl (C=O) groups is 3. The van der Waals surface area contributed by atoms with Gasteiger partial charge >= 0.3 is 11.9 Å². The molecule has 0 aliphatic rings. The molecule has 0 fully saturated rings. The lowest BCUT2D eigenvalue weighted by molar-refractivity contribution is -0.889. The highest BCUT2D eigenvalue weighted by molar-refractivity contribution is 5.70. The summed E-state index contributed by atoms with van der Waals surface area (Å²) in [7, 11) is 5.39. The van der Waals surface area contributed by atoms with Crippen LogP contribution in [0.25, 0.3) is 0 Å². The minimum atomic E-state index is -1.13. The quantitative estimate of drug-likeness (QED) is 0.0264. The third-order valence-corrected chi connectivity index (χ3v) is 9.61. The van der Waals surface area contributed by atoms with Crippen LogP contribution in [0.1, 0.15) is 168 Å². The molecule has 0 amide bonds. The van der Waals surface area contributed by atoms with E-state index < -0.39 is 18.1 Å². The first kappa shape index (κ1) is 53.8. The SMILES string of the molecule is CC/C=C/C/C=C/C/C=C/C/C=C/C/C=C/C/C=C/CCCCCCC(=O)OC(COCCC(C(=O)[O-])[N+](C)(C)C)COC(=O)CCCCCCCCCCCC. The van der Waals surface area contributed by atoms with Gasteiger partial charge in [-0.3, -0.25) is 9.59 Å². The number of carbonyl (C=O) groups excluding carboxylic acids is 3. The minimum Gasteiger partial charge on any atom is -0.544 e. The summed E-state index contributed by atoms with van der Waals surface area (Å²) in [4.78, 5) is 36.8. The van der Waals surface area contributed by atoms with E-state index in [-0.39, 0.29) is 49.1 Å². The lowest BCUT2D eigenvalue weighted by atomic mass is 10.1. The molecule has 0 saturated heterocycles. The van der Waals surface area contributed by atoms with Crippen molar-refractivity contribution < 1.29 is 38.2 Å². The average Bonchev–Trinajstić information content (AvgIpc) is 3.17. The van der Waals surface area contributed by atoms with Crippen LogP contribution in [0.2, 0.25) is 0 Å². The first-order chi connectivity index (χ1) is 27.6. The molecule has 0 bridgehead atoms. The van der Waals surface area contributed by atoms with Crippen LogP contribution in [0.5, 0.6) is 0 Å². The van der Waals surface area contributed by atoms with E-state index in [1.54, 1.807) is 21.1 Å². The lowest BCUT2D eigenvalue weighted by Crippen LogP contribution is -2.55. The predicted molar refractivity (Wildman–Crippen MR) is 235 cm³/mol. The van der Waals surface area contributed by atoms with Gasteiger partial charge in [-0.05, 0) is 64.2 Å². The van der Waals surface area contributed by atoms with Crippen LogP contribution in [0, 0.1) is 0 Å². The largest absolute Gasteiger partial charge is 0.544 e. The molecule has 0 saturated carbocycles. The van der Waals surface area contributed by atoms with Crippen LogP contribution in [0.4, 0.5) is 0 Å². The Labute approximate surface area is 349 Å². The molecule has 0 heterocycles. The number of aliphatic carboxylic acids is 1. The normalized spacial score (nSPS) is 13.6. The fourth-order valence-corrected chi connectivity index (χ4v) is 6.13. The molecule has 8 nitrogen and oxygen atoms in total. The summed E-state index contributed by atoms with van der Waals surface area (Å²) in [6.45, 7) is 4.49. The van der Waals surface area contributed by atoms with Gasteiger partial charge in [-0.25, -0.2) is 0 Å². The van der Waals surface area contributed by atoms with Crippen molar-refractivity contribution >= 4 is 17.9 Å². The number of nitrogens with zero attached hydrogens (tertiary/aromatic N) is 1. The van der Waals surface area contributed by atoms with E-state index in [0.29, 0.717) is 6.42 Å². The fourth-order valence-electron chi connectivity index (χ4n) is 6.13. The number of carboxylic acids is 1. The smallest absolute Gasteiger partial charge is 0.306 e. The highest BCUT2D eigenvalue weighted by Crippen LogP contribution is 2.13. The Bertz CT molecular complexity index is 1160. The third kappa shape index (κ3) is 38.1. The molecule has 0 spiro atoms. The second-order valence-corrected chi connectivity index (χ2v) is 15.9. The third-order valence-electron chi connectivity index (χ3n) is 9.61. The Morgan fingerprint density at radius 2 is 0.982 bits per heavy atom. The maximum absolute atomic E-state index is 12.7. The van der Waals surface area contributed by atoms with Crippen LogP contribution >= 0.6 is 0 Å². The molecule has 0 N–H and O–H groups in total. The number of rotatable bonds is 39. The summed E-state index contributed by atoms with van der Waals surface area (Å²) in [5.41, 5.74) is 0. The van der Waals surface area contributed by atoms with E-state index in [4.69, 9.17) is 14.2 Å². The Kier molecular flexibility index (Phi) is 37.3. The average molecular weight is 798 g/mol. The van der Waals surface area contributed by atoms with Crippen LogP contribution in [0.15, 0.2) is 72.9 Å². The maximum Gasteiger partial charge on any atom is 0.306 e. The number of carboxylic acid groups (broad SMARTS) is 1. The number of allylic oxidation sites excluding steroid dienone is 12. The zero-order valence-corrected chi connectivity index (χ0v) is 37.0. The molecular weight excluding hydrogens is 715 g/mol. The second-order valence-electron chi connectivity index (χ2n) is 15.9. The Hall–Kier alpha value is -3.23. The molecule has 0 radical (unpaired) electrons. The van der Waals surface area contributed by atoms with E-state index in [0.717, 1.165) is 89.9 Å². The van der Waals surface area contributed by atoms with Gasteiger partial charge < -0.3 is 28.6 Å². The van der Waals surface area contributed by atoms with Gasteiger partial charge in [-0.15, -0.1) is 0 Å². The van der Waals surface area contributed by atoms with E-state index in [1.165, 1.54) is 44.9 Å². The van der Waals surface area contributed by atoms with Gasteiger partial charge in [0.05, 0.1) is 40.3 Å². The van der Waals surface area contributed by atoms with Crippen molar-refractivity contribution in [3.8, 4) is 0 Å². The van der Waals surface area contributed by atoms with Gasteiger partial charge in [0.2, 0.25) is 0 Å². The number of unbranched alkanes of at least 4 members (excludes halogenated alkanes) is 13. The standard InChI is InChI=1S/C49H83NO7/c1-6-8-10-12-14-16-18-19-20-21-22-23-24-25-26-27-28-29-30-32-34-36-38-40-48(52)57-45(43-55-42-41-46(49(53)54)50(3,4)5)44-56-47(51)39-37-35-33-31-17-15-13-11-9-7-2/h8,10,14,16,19-20,22-23,25-26,28-29,45-46H,6-7,9,11-13,15,17-18,21,24,27,30-44H2,1-5H3/b10-8+,16-14+,20-19+,23-22+,26-25+,29-28+. The van der Waals surface area contributed by atoms with E-state index in [1.807, 2.05) is 0 Å². The van der Waals surface area contributed by atoms with Gasteiger partial charge in [0, 0.05) is 19.3 Å². The summed E-state index contributed by atoms with van der Waals surface area (Å²) >= 11 is 0. The van der Waals surface area contributed by atoms with E-state index in [9.17, 15) is 19.5 Å². The van der Waals surface area contributed by atoms with Crippen molar-refractivity contribution in [2.45, 2.75) is 180 Å². The molecule has 0 aliphatic carbocycles. The number of ether oxygens (including phenoxy) is 3. The maximum atomic E-state index is 12.7. The topological polar surface area (TPSA) is 102 Å². The zero-order chi connectivity index (χ0) is 42.1. The molecule has 0 aromatic carbocycles. The second kappa shape index (κ2) is 39.6. The highest BCUT2D eigenvalue weighted by atomic mass is 16.6. The molecular formula is C49H83NO7. The van der Waals surface area contributed by atoms with Gasteiger partial charge in [-0.2, -0.15) is 0 Å². The highest BCUT2D eigenvalue weighted by Gasteiger charge is 2.25. The molecule has 0 rings (SSSR count). The van der Waals surface area contributed by atoms with Crippen LogP contribution in [-0.4, -0.2) is 75.5 Å². The molecule has 326 valence electrons. The number of hydrogen-bond acceptors (Lipinski definition) is 7. The summed E-state index contributed by atoms with van der Waals surface area (Å²) in [5, 5.41) is 11.6. The minimum absolute atomic E-state index is 0.0279. The summed E-state index contributed by atoms with van der Waals surface area (Å²) in [5.74, 6) is -1.78. The Morgan fingerprint density at radius 3 is 1.46 bits per heavy atom. The van der Waals surface area contributed by atoms with Crippen LogP contribution in [-0.2, 0) is 28.6 Å². The summed E-state index contributed by atoms with van der Waals surface area (Å²) in [6, 6.07) is -0.732. The fraction of sp³-hybridized carbons (Fsp3) is 0.694. The number of likely N-dealkylation sites (N-methyl/N-ethyl adjacent to an activating group) is 1. The van der Waals surface area contributed by atoms with E-state index >= 15 is 0 Å². The summed E-state index contributed by atoms with van der Waals surface area (Å²) < 4.78 is 17.1.